The SMILES string of the molecule is [2H]c1c([2H])c([2H])c(-c2ccc3oc4cccc(-c5c6ccccc6c(-c6ccc(-c7ccccc7)c(-c7ccccc7)c6)c6ccccc56)c4c3c2)c([2H])c1[2H]. The highest BCUT2D eigenvalue weighted by Crippen LogP contribution is 2.48. The van der Waals surface area contributed by atoms with Crippen LogP contribution in [0.15, 0.2) is 198 Å². The predicted molar refractivity (Wildman–Crippen MR) is 216 cm³/mol. The lowest BCUT2D eigenvalue weighted by molar-refractivity contribution is 0.669. The molecule has 0 amide bonds. The third-order valence-electron chi connectivity index (χ3n) is 9.96. The molecule has 9 aromatic carbocycles. The Labute approximate surface area is 303 Å². The van der Waals surface area contributed by atoms with Gasteiger partial charge in [-0.2, -0.15) is 0 Å². The molecule has 0 atom stereocenters. The van der Waals surface area contributed by atoms with Crippen molar-refractivity contribution in [1.82, 2.24) is 0 Å². The third kappa shape index (κ3) is 4.86. The summed E-state index contributed by atoms with van der Waals surface area (Å²) < 4.78 is 48.5. The quantitative estimate of drug-likeness (QED) is 0.169. The maximum absolute atomic E-state index is 8.68. The number of furan rings is 1. The van der Waals surface area contributed by atoms with E-state index in [4.69, 9.17) is 11.3 Å². The van der Waals surface area contributed by atoms with Crippen LogP contribution in [-0.4, -0.2) is 0 Å². The van der Waals surface area contributed by atoms with Crippen LogP contribution in [-0.2, 0) is 0 Å². The van der Waals surface area contributed by atoms with Crippen LogP contribution in [0.5, 0.6) is 0 Å². The van der Waals surface area contributed by atoms with E-state index in [0.29, 0.717) is 16.7 Å². The molecule has 0 radical (unpaired) electrons. The highest BCUT2D eigenvalue weighted by atomic mass is 16.3. The molecule has 0 aliphatic heterocycles. The van der Waals surface area contributed by atoms with Gasteiger partial charge < -0.3 is 4.42 Å². The number of hydrogen-bond donors (Lipinski definition) is 0. The van der Waals surface area contributed by atoms with Crippen molar-refractivity contribution >= 4 is 43.5 Å². The largest absolute Gasteiger partial charge is 0.456 e. The average Bonchev–Trinajstić information content (AvgIpc) is 3.63. The number of rotatable bonds is 5. The van der Waals surface area contributed by atoms with Gasteiger partial charge in [-0.1, -0.05) is 170 Å². The first-order valence-electron chi connectivity index (χ1n) is 19.6. The molecule has 0 unspecified atom stereocenters. The molecule has 1 aromatic heterocycles. The number of fused-ring (bicyclic) bond motifs is 5. The Morgan fingerprint density at radius 1 is 0.333 bits per heavy atom. The molecule has 1 heterocycles. The van der Waals surface area contributed by atoms with Gasteiger partial charge in [0, 0.05) is 10.8 Å². The van der Waals surface area contributed by atoms with Gasteiger partial charge in [0.05, 0.1) is 6.85 Å². The van der Waals surface area contributed by atoms with Crippen LogP contribution in [0.2, 0.25) is 0 Å². The van der Waals surface area contributed by atoms with Crippen molar-refractivity contribution < 1.29 is 11.3 Å². The van der Waals surface area contributed by atoms with Crippen LogP contribution in [0.4, 0.5) is 0 Å². The molecule has 0 aliphatic carbocycles. The molecule has 0 saturated carbocycles. The van der Waals surface area contributed by atoms with Crippen molar-refractivity contribution in [2.24, 2.45) is 0 Å². The Morgan fingerprint density at radius 2 is 0.922 bits per heavy atom. The lowest BCUT2D eigenvalue weighted by Crippen LogP contribution is -1.93. The first-order chi connectivity index (χ1) is 27.4. The van der Waals surface area contributed by atoms with Crippen LogP contribution < -0.4 is 0 Å². The summed E-state index contributed by atoms with van der Waals surface area (Å²) in [5, 5.41) is 6.14. The second kappa shape index (κ2) is 12.0. The first kappa shape index (κ1) is 24.4. The van der Waals surface area contributed by atoms with Crippen LogP contribution in [0.1, 0.15) is 6.85 Å². The topological polar surface area (TPSA) is 13.1 Å². The summed E-state index contributed by atoms with van der Waals surface area (Å²) in [4.78, 5) is 0. The zero-order valence-electron chi connectivity index (χ0n) is 32.5. The van der Waals surface area contributed by atoms with E-state index in [1.165, 1.54) is 5.56 Å². The van der Waals surface area contributed by atoms with Gasteiger partial charge in [-0.25, -0.2) is 0 Å². The minimum absolute atomic E-state index is 0.165. The van der Waals surface area contributed by atoms with E-state index in [1.807, 2.05) is 30.3 Å². The van der Waals surface area contributed by atoms with Gasteiger partial charge in [0.25, 0.3) is 0 Å². The lowest BCUT2D eigenvalue weighted by atomic mass is 9.83. The predicted octanol–water partition coefficient (Wildman–Crippen LogP) is 14.2. The molecule has 0 N–H and O–H groups in total. The molecular weight excluding hydrogens is 617 g/mol. The summed E-state index contributed by atoms with van der Waals surface area (Å²) in [7, 11) is 0. The fraction of sp³-hybridized carbons (Fsp3) is 0. The highest BCUT2D eigenvalue weighted by Gasteiger charge is 2.21. The Balaban J connectivity index is 1.25. The van der Waals surface area contributed by atoms with Crippen LogP contribution in [0, 0.1) is 0 Å². The van der Waals surface area contributed by atoms with Crippen LogP contribution in [0.25, 0.3) is 99.1 Å². The standard InChI is InChI=1S/C50H32O/c1-4-15-33(16-5-1)36-28-30-46-45(31-36)50-43(25-14-26-47(50)51-46)49-41-23-12-10-21-39(41)48(40-22-11-13-24-42(40)49)37-27-29-38(34-17-6-2-7-18-34)44(32-37)35-19-8-3-9-20-35/h1-32H/i1D,4D,5D,15D,16D. The molecule has 0 aliphatic rings. The summed E-state index contributed by atoms with van der Waals surface area (Å²) in [6.45, 7) is 0. The molecule has 0 bridgehead atoms. The van der Waals surface area contributed by atoms with Gasteiger partial charge in [0.2, 0.25) is 0 Å². The maximum atomic E-state index is 8.68. The number of hydrogen-bond acceptors (Lipinski definition) is 1. The van der Waals surface area contributed by atoms with E-state index >= 15 is 0 Å². The van der Waals surface area contributed by atoms with Gasteiger partial charge in [0.1, 0.15) is 11.2 Å². The average molecular weight is 654 g/mol. The van der Waals surface area contributed by atoms with Gasteiger partial charge >= 0.3 is 0 Å². The molecule has 1 heteroatoms. The van der Waals surface area contributed by atoms with Crippen molar-refractivity contribution in [1.29, 1.82) is 0 Å². The molecule has 0 saturated heterocycles. The van der Waals surface area contributed by atoms with Gasteiger partial charge in [0.15, 0.2) is 0 Å². The minimum atomic E-state index is -0.411. The Hall–Kier alpha value is -6.70. The molecule has 10 rings (SSSR count). The smallest absolute Gasteiger partial charge is 0.136 e. The van der Waals surface area contributed by atoms with E-state index in [1.54, 1.807) is 6.07 Å². The molecule has 51 heavy (non-hydrogen) atoms. The third-order valence-corrected chi connectivity index (χ3v) is 9.96. The summed E-state index contributed by atoms with van der Waals surface area (Å²) >= 11 is 0. The highest BCUT2D eigenvalue weighted by molar-refractivity contribution is 6.26. The molecule has 10 aromatic rings. The first-order valence-corrected chi connectivity index (χ1v) is 17.1. The lowest BCUT2D eigenvalue weighted by Gasteiger charge is -2.19. The second-order valence-electron chi connectivity index (χ2n) is 12.8. The van der Waals surface area contributed by atoms with Crippen molar-refractivity contribution in [3.05, 3.63) is 194 Å². The Morgan fingerprint density at radius 3 is 1.59 bits per heavy atom. The fourth-order valence-corrected chi connectivity index (χ4v) is 7.74. The summed E-state index contributed by atoms with van der Waals surface area (Å²) in [6.07, 6.45) is 0. The van der Waals surface area contributed by atoms with Crippen molar-refractivity contribution in [3.63, 3.8) is 0 Å². The summed E-state index contributed by atoms with van der Waals surface area (Å²) in [5.41, 5.74) is 11.1. The van der Waals surface area contributed by atoms with Crippen molar-refractivity contribution in [2.75, 3.05) is 0 Å². The maximum Gasteiger partial charge on any atom is 0.136 e. The summed E-state index contributed by atoms with van der Waals surface area (Å²) in [5.74, 6) is 0. The monoisotopic (exact) mass is 653 g/mol. The van der Waals surface area contributed by atoms with Gasteiger partial charge in [-0.15, -0.1) is 0 Å². The second-order valence-corrected chi connectivity index (χ2v) is 12.8. The fourth-order valence-electron chi connectivity index (χ4n) is 7.74. The number of benzene rings is 9. The molecule has 0 spiro atoms. The van der Waals surface area contributed by atoms with E-state index in [0.717, 1.165) is 71.3 Å². The van der Waals surface area contributed by atoms with E-state index in [9.17, 15) is 0 Å². The van der Waals surface area contributed by atoms with Crippen molar-refractivity contribution in [3.8, 4) is 55.6 Å². The molecular formula is C50H32O. The van der Waals surface area contributed by atoms with Crippen LogP contribution >= 0.6 is 0 Å². The van der Waals surface area contributed by atoms with Gasteiger partial charge in [-0.3, -0.25) is 0 Å². The zero-order chi connectivity index (χ0) is 38.1. The van der Waals surface area contributed by atoms with Gasteiger partial charge in [-0.05, 0) is 101 Å². The van der Waals surface area contributed by atoms with E-state index in [2.05, 4.69) is 127 Å². The minimum Gasteiger partial charge on any atom is -0.456 e. The Kier molecular flexibility index (Phi) is 5.76. The van der Waals surface area contributed by atoms with E-state index in [-0.39, 0.29) is 29.7 Å². The van der Waals surface area contributed by atoms with E-state index < -0.39 is 6.04 Å². The Bertz CT molecular complexity index is 3100. The summed E-state index contributed by atoms with van der Waals surface area (Å²) in [6, 6.07) is 55.1. The molecule has 1 nitrogen and oxygen atoms in total. The normalized spacial score (nSPS) is 12.9. The zero-order valence-corrected chi connectivity index (χ0v) is 27.5. The molecule has 0 fully saturated rings. The van der Waals surface area contributed by atoms with Crippen LogP contribution in [0.3, 0.4) is 0 Å². The van der Waals surface area contributed by atoms with Crippen molar-refractivity contribution in [2.45, 2.75) is 0 Å². The molecule has 238 valence electrons.